The lowest BCUT2D eigenvalue weighted by Crippen LogP contribution is -2.34. The van der Waals surface area contributed by atoms with Crippen molar-refractivity contribution >= 4 is 7.85 Å². The lowest BCUT2D eigenvalue weighted by Gasteiger charge is -2.12. The highest BCUT2D eigenvalue weighted by Gasteiger charge is 2.39. The van der Waals surface area contributed by atoms with E-state index in [4.69, 9.17) is 22.4 Å². The molecule has 0 aliphatic carbocycles. The van der Waals surface area contributed by atoms with Gasteiger partial charge in [-0.15, -0.1) is 0 Å². The SMILES string of the molecule is [B][C@@H]1O[C@H](COC)C(O)C1O. The lowest BCUT2D eigenvalue weighted by molar-refractivity contribution is -0.0210. The molecule has 1 aliphatic heterocycles. The molecule has 1 fully saturated rings. The Morgan fingerprint density at radius 1 is 1.45 bits per heavy atom. The van der Waals surface area contributed by atoms with Crippen LogP contribution >= 0.6 is 0 Å². The highest BCUT2D eigenvalue weighted by molar-refractivity contribution is 6.11. The summed E-state index contributed by atoms with van der Waals surface area (Å²) in [5.74, 6) is 0. The fourth-order valence-electron chi connectivity index (χ4n) is 1.08. The van der Waals surface area contributed by atoms with Gasteiger partial charge in [-0.2, -0.15) is 0 Å². The van der Waals surface area contributed by atoms with Gasteiger partial charge in [0.2, 0.25) is 0 Å². The molecule has 2 radical (unpaired) electrons. The van der Waals surface area contributed by atoms with Crippen molar-refractivity contribution in [2.24, 2.45) is 0 Å². The van der Waals surface area contributed by atoms with Gasteiger partial charge in [-0.25, -0.2) is 0 Å². The average molecular weight is 158 g/mol. The van der Waals surface area contributed by atoms with Crippen molar-refractivity contribution in [1.82, 2.24) is 0 Å². The van der Waals surface area contributed by atoms with Crippen LogP contribution in [0.25, 0.3) is 0 Å². The van der Waals surface area contributed by atoms with Crippen LogP contribution in [0.3, 0.4) is 0 Å². The van der Waals surface area contributed by atoms with Crippen LogP contribution in [0, 0.1) is 0 Å². The Labute approximate surface area is 66.5 Å². The third kappa shape index (κ3) is 1.73. The molecule has 1 aliphatic rings. The minimum atomic E-state index is -1.00. The number of ether oxygens (including phenoxy) is 2. The normalized spacial score (nSPS) is 44.6. The number of hydrogen-bond donors (Lipinski definition) is 2. The van der Waals surface area contributed by atoms with Gasteiger partial charge in [0.15, 0.2) is 0 Å². The Kier molecular flexibility index (Phi) is 2.89. The largest absolute Gasteiger partial charge is 0.388 e. The summed E-state index contributed by atoms with van der Waals surface area (Å²) in [7, 11) is 6.79. The Morgan fingerprint density at radius 3 is 2.45 bits per heavy atom. The predicted octanol–water partition coefficient (Wildman–Crippen LogP) is -1.75. The first-order chi connectivity index (χ1) is 5.16. The zero-order valence-electron chi connectivity index (χ0n) is 6.30. The van der Waals surface area contributed by atoms with E-state index in [1.54, 1.807) is 0 Å². The molecule has 1 rings (SSSR count). The topological polar surface area (TPSA) is 58.9 Å². The van der Waals surface area contributed by atoms with Crippen LogP contribution < -0.4 is 0 Å². The number of hydrogen-bond acceptors (Lipinski definition) is 4. The predicted molar refractivity (Wildman–Crippen MR) is 38.3 cm³/mol. The second kappa shape index (κ2) is 3.54. The van der Waals surface area contributed by atoms with Crippen LogP contribution in [-0.2, 0) is 9.47 Å². The van der Waals surface area contributed by atoms with Crippen molar-refractivity contribution in [2.75, 3.05) is 13.7 Å². The molecule has 1 heterocycles. The minimum Gasteiger partial charge on any atom is -0.388 e. The summed E-state index contributed by atoms with van der Waals surface area (Å²) in [6, 6.07) is -0.801. The van der Waals surface area contributed by atoms with Gasteiger partial charge in [-0.05, 0) is 0 Å². The van der Waals surface area contributed by atoms with E-state index >= 15 is 0 Å². The molecule has 0 saturated carbocycles. The maximum absolute atomic E-state index is 9.22. The van der Waals surface area contributed by atoms with Gasteiger partial charge in [0.05, 0.1) is 12.7 Å². The molecule has 1 saturated heterocycles. The second-order valence-electron chi connectivity index (χ2n) is 2.58. The van der Waals surface area contributed by atoms with Crippen molar-refractivity contribution in [3.8, 4) is 0 Å². The van der Waals surface area contributed by atoms with Crippen LogP contribution in [-0.4, -0.2) is 56.1 Å². The Morgan fingerprint density at radius 2 is 2.09 bits per heavy atom. The average Bonchev–Trinajstić information content (AvgIpc) is 2.19. The first-order valence-corrected chi connectivity index (χ1v) is 3.43. The van der Waals surface area contributed by atoms with E-state index in [2.05, 4.69) is 0 Å². The van der Waals surface area contributed by atoms with E-state index in [1.165, 1.54) is 7.11 Å². The molecule has 11 heavy (non-hydrogen) atoms. The molecule has 2 N–H and O–H groups in total. The van der Waals surface area contributed by atoms with Gasteiger partial charge in [0, 0.05) is 13.1 Å². The van der Waals surface area contributed by atoms with E-state index in [0.717, 1.165) is 0 Å². The molecule has 5 heteroatoms. The van der Waals surface area contributed by atoms with Gasteiger partial charge in [0.1, 0.15) is 20.1 Å². The van der Waals surface area contributed by atoms with E-state index < -0.39 is 24.3 Å². The van der Waals surface area contributed by atoms with Crippen molar-refractivity contribution in [3.05, 3.63) is 0 Å². The van der Waals surface area contributed by atoms with Crippen LogP contribution in [0.4, 0.5) is 0 Å². The van der Waals surface area contributed by atoms with Crippen LogP contribution in [0.5, 0.6) is 0 Å². The zero-order chi connectivity index (χ0) is 8.43. The first kappa shape index (κ1) is 9.00. The zero-order valence-corrected chi connectivity index (χ0v) is 6.30. The smallest absolute Gasteiger partial charge is 0.112 e. The fraction of sp³-hybridized carbons (Fsp3) is 1.00. The summed E-state index contributed by atoms with van der Waals surface area (Å²) in [6.07, 6.45) is -2.45. The van der Waals surface area contributed by atoms with Crippen molar-refractivity contribution in [3.63, 3.8) is 0 Å². The summed E-state index contributed by atoms with van der Waals surface area (Å²) in [5, 5.41) is 18.3. The summed E-state index contributed by atoms with van der Waals surface area (Å²) in [4.78, 5) is 0. The monoisotopic (exact) mass is 158 g/mol. The minimum absolute atomic E-state index is 0.242. The molecular formula is C6H11BO4. The summed E-state index contributed by atoms with van der Waals surface area (Å²) in [5.41, 5.74) is 0. The Hall–Kier alpha value is -0.0951. The fourth-order valence-corrected chi connectivity index (χ4v) is 1.08. The molecule has 4 nitrogen and oxygen atoms in total. The van der Waals surface area contributed by atoms with Crippen molar-refractivity contribution in [2.45, 2.75) is 24.3 Å². The molecule has 0 aromatic carbocycles. The second-order valence-corrected chi connectivity index (χ2v) is 2.58. The van der Waals surface area contributed by atoms with Gasteiger partial charge < -0.3 is 19.7 Å². The number of rotatable bonds is 2. The van der Waals surface area contributed by atoms with Crippen molar-refractivity contribution in [1.29, 1.82) is 0 Å². The quantitative estimate of drug-likeness (QED) is 0.467. The molecule has 0 aromatic rings. The van der Waals surface area contributed by atoms with E-state index in [1.807, 2.05) is 0 Å². The molecule has 0 aromatic heterocycles. The molecule has 0 bridgehead atoms. The summed E-state index contributed by atoms with van der Waals surface area (Å²) >= 11 is 0. The maximum atomic E-state index is 9.22. The molecule has 62 valence electrons. The molecular weight excluding hydrogens is 147 g/mol. The van der Waals surface area contributed by atoms with Gasteiger partial charge in [-0.1, -0.05) is 0 Å². The number of methoxy groups -OCH3 is 1. The van der Waals surface area contributed by atoms with Gasteiger partial charge >= 0.3 is 0 Å². The van der Waals surface area contributed by atoms with E-state index in [9.17, 15) is 5.11 Å². The molecule has 4 atom stereocenters. The third-order valence-corrected chi connectivity index (χ3v) is 1.73. The lowest BCUT2D eigenvalue weighted by atomic mass is 9.93. The van der Waals surface area contributed by atoms with Crippen LogP contribution in [0.15, 0.2) is 0 Å². The maximum Gasteiger partial charge on any atom is 0.112 e. The summed E-state index contributed by atoms with van der Waals surface area (Å²) in [6.45, 7) is 0.242. The standard InChI is InChI=1S/C6H11BO4/c1-10-2-3-4(8)5(9)6(7)11-3/h3-6,8-9H,2H2,1H3/t3-,4?,5?,6-/m1/s1. The van der Waals surface area contributed by atoms with Gasteiger partial charge in [-0.3, -0.25) is 0 Å². The highest BCUT2D eigenvalue weighted by atomic mass is 16.6. The third-order valence-electron chi connectivity index (χ3n) is 1.73. The van der Waals surface area contributed by atoms with E-state index in [0.29, 0.717) is 0 Å². The van der Waals surface area contributed by atoms with Crippen LogP contribution in [0.2, 0.25) is 0 Å². The van der Waals surface area contributed by atoms with E-state index in [-0.39, 0.29) is 6.61 Å². The first-order valence-electron chi connectivity index (χ1n) is 3.43. The Bertz CT molecular complexity index is 132. The molecule has 2 unspecified atom stereocenters. The Balaban J connectivity index is 2.45. The number of aliphatic hydroxyl groups is 2. The summed E-state index contributed by atoms with van der Waals surface area (Å²) < 4.78 is 9.72. The van der Waals surface area contributed by atoms with Gasteiger partial charge in [0.25, 0.3) is 0 Å². The molecule has 0 spiro atoms. The van der Waals surface area contributed by atoms with Crippen LogP contribution in [0.1, 0.15) is 0 Å². The highest BCUT2D eigenvalue weighted by Crippen LogP contribution is 2.18. The van der Waals surface area contributed by atoms with Crippen molar-refractivity contribution < 1.29 is 19.7 Å². The number of aliphatic hydroxyl groups excluding tert-OH is 2. The molecule has 0 amide bonds.